The van der Waals surface area contributed by atoms with Crippen LogP contribution in [-0.2, 0) is 0 Å². The lowest BCUT2D eigenvalue weighted by Gasteiger charge is -2.10. The molecule has 0 atom stereocenters. The average molecular weight is 478 g/mol. The van der Waals surface area contributed by atoms with Crippen LogP contribution in [0.25, 0.3) is 0 Å². The van der Waals surface area contributed by atoms with Crippen LogP contribution in [0.1, 0.15) is 20.7 Å². The Morgan fingerprint density at radius 3 is 2.21 bits per heavy atom. The molecule has 5 nitrogen and oxygen atoms in total. The number of amides is 2. The molecular weight excluding hydrogens is 463 g/mol. The van der Waals surface area contributed by atoms with E-state index in [1.54, 1.807) is 36.4 Å². The zero-order valence-corrected chi connectivity index (χ0v) is 17.5. The molecule has 0 aliphatic carbocycles. The number of nitrogens with one attached hydrogen (secondary N) is 2. The summed E-state index contributed by atoms with van der Waals surface area (Å²) in [5.41, 5.74) is 1.55. The number of carbonyl (C=O) groups excluding carboxylic acids is 2. The van der Waals surface area contributed by atoms with E-state index in [4.69, 9.17) is 16.3 Å². The summed E-state index contributed by atoms with van der Waals surface area (Å²) in [6.45, 7) is 0. The van der Waals surface area contributed by atoms with E-state index in [9.17, 15) is 14.0 Å². The van der Waals surface area contributed by atoms with Crippen LogP contribution in [0.2, 0.25) is 5.02 Å². The van der Waals surface area contributed by atoms with Crippen LogP contribution in [0.15, 0.2) is 65.1 Å². The molecule has 0 aromatic heterocycles. The molecule has 2 amide bonds. The quantitative estimate of drug-likeness (QED) is 0.491. The highest BCUT2D eigenvalue weighted by Gasteiger charge is 2.12. The van der Waals surface area contributed by atoms with Gasteiger partial charge in [-0.1, -0.05) is 17.7 Å². The smallest absolute Gasteiger partial charge is 0.255 e. The first kappa shape index (κ1) is 20.8. The molecule has 8 heteroatoms. The molecule has 0 spiro atoms. The molecule has 0 aliphatic heterocycles. The predicted molar refractivity (Wildman–Crippen MR) is 114 cm³/mol. The molecule has 3 aromatic rings. The highest BCUT2D eigenvalue weighted by molar-refractivity contribution is 9.10. The van der Waals surface area contributed by atoms with Gasteiger partial charge in [-0.3, -0.25) is 9.59 Å². The van der Waals surface area contributed by atoms with Gasteiger partial charge in [0.15, 0.2) is 0 Å². The van der Waals surface area contributed by atoms with Crippen molar-refractivity contribution in [2.75, 3.05) is 17.7 Å². The summed E-state index contributed by atoms with van der Waals surface area (Å²) in [7, 11) is 1.54. The van der Waals surface area contributed by atoms with Gasteiger partial charge in [-0.25, -0.2) is 4.39 Å². The SMILES string of the molecule is COc1ccc(C(=O)Nc2cccc(C(=O)Nc3ccc(F)c(Cl)c3)c2)cc1Br. The largest absolute Gasteiger partial charge is 0.496 e. The van der Waals surface area contributed by atoms with E-state index in [0.717, 1.165) is 0 Å². The van der Waals surface area contributed by atoms with Crippen molar-refractivity contribution in [2.45, 2.75) is 0 Å². The molecule has 0 heterocycles. The van der Waals surface area contributed by atoms with Crippen LogP contribution in [0.5, 0.6) is 5.75 Å². The number of benzene rings is 3. The van der Waals surface area contributed by atoms with Crippen molar-refractivity contribution >= 4 is 50.7 Å². The van der Waals surface area contributed by atoms with E-state index in [1.165, 1.54) is 31.4 Å². The summed E-state index contributed by atoms with van der Waals surface area (Å²) in [5, 5.41) is 5.29. The standard InChI is InChI=1S/C21H15BrClFN2O3/c1-29-19-8-5-13(10-16(19)22)21(28)25-14-4-2-3-12(9-14)20(27)26-15-6-7-18(24)17(23)11-15/h2-11H,1H3,(H,25,28)(H,26,27). The molecule has 0 saturated carbocycles. The molecule has 29 heavy (non-hydrogen) atoms. The maximum Gasteiger partial charge on any atom is 0.255 e. The number of carbonyl (C=O) groups is 2. The molecule has 2 N–H and O–H groups in total. The van der Waals surface area contributed by atoms with Gasteiger partial charge in [-0.05, 0) is 70.5 Å². The van der Waals surface area contributed by atoms with Gasteiger partial charge in [0.1, 0.15) is 11.6 Å². The van der Waals surface area contributed by atoms with Crippen LogP contribution < -0.4 is 15.4 Å². The van der Waals surface area contributed by atoms with Crippen LogP contribution in [0, 0.1) is 5.82 Å². The van der Waals surface area contributed by atoms with Crippen molar-refractivity contribution in [3.05, 3.63) is 87.1 Å². The number of ether oxygens (including phenoxy) is 1. The van der Waals surface area contributed by atoms with Crippen molar-refractivity contribution < 1.29 is 18.7 Å². The number of rotatable bonds is 5. The second-order valence-corrected chi connectivity index (χ2v) is 7.23. The van der Waals surface area contributed by atoms with E-state index in [1.807, 2.05) is 0 Å². The summed E-state index contributed by atoms with van der Waals surface area (Å²) in [4.78, 5) is 24.9. The maximum atomic E-state index is 13.2. The second kappa shape index (κ2) is 9.07. The fraction of sp³-hybridized carbons (Fsp3) is 0.0476. The number of methoxy groups -OCH3 is 1. The molecule has 3 rings (SSSR count). The Kier molecular flexibility index (Phi) is 6.51. The number of halogens is 3. The van der Waals surface area contributed by atoms with Gasteiger partial charge in [0.05, 0.1) is 16.6 Å². The molecule has 0 radical (unpaired) electrons. The average Bonchev–Trinajstić information content (AvgIpc) is 2.71. The first-order valence-electron chi connectivity index (χ1n) is 8.39. The topological polar surface area (TPSA) is 67.4 Å². The Morgan fingerprint density at radius 1 is 0.931 bits per heavy atom. The van der Waals surface area contributed by atoms with Gasteiger partial charge in [0.25, 0.3) is 11.8 Å². The Morgan fingerprint density at radius 2 is 1.59 bits per heavy atom. The monoisotopic (exact) mass is 476 g/mol. The highest BCUT2D eigenvalue weighted by Crippen LogP contribution is 2.26. The Balaban J connectivity index is 1.73. The van der Waals surface area contributed by atoms with Gasteiger partial charge < -0.3 is 15.4 Å². The lowest BCUT2D eigenvalue weighted by molar-refractivity contribution is 0.101. The van der Waals surface area contributed by atoms with E-state index in [-0.39, 0.29) is 10.9 Å². The van der Waals surface area contributed by atoms with E-state index in [2.05, 4.69) is 26.6 Å². The third-order valence-electron chi connectivity index (χ3n) is 3.97. The van der Waals surface area contributed by atoms with Crippen molar-refractivity contribution in [1.82, 2.24) is 0 Å². The molecule has 0 saturated heterocycles. The lowest BCUT2D eigenvalue weighted by atomic mass is 10.1. The summed E-state index contributed by atoms with van der Waals surface area (Å²) < 4.78 is 19.0. The highest BCUT2D eigenvalue weighted by atomic mass is 79.9. The van der Waals surface area contributed by atoms with E-state index >= 15 is 0 Å². The van der Waals surface area contributed by atoms with Gasteiger partial charge in [0.2, 0.25) is 0 Å². The van der Waals surface area contributed by atoms with E-state index in [0.29, 0.717) is 32.7 Å². The molecule has 0 unspecified atom stereocenters. The molecule has 3 aromatic carbocycles. The van der Waals surface area contributed by atoms with Crippen LogP contribution in [0.4, 0.5) is 15.8 Å². The van der Waals surface area contributed by atoms with Gasteiger partial charge in [-0.2, -0.15) is 0 Å². The van der Waals surface area contributed by atoms with Crippen LogP contribution >= 0.6 is 27.5 Å². The normalized spacial score (nSPS) is 10.3. The first-order valence-corrected chi connectivity index (χ1v) is 9.56. The number of anilines is 2. The van der Waals surface area contributed by atoms with Gasteiger partial charge in [0, 0.05) is 22.5 Å². The van der Waals surface area contributed by atoms with Crippen LogP contribution in [-0.4, -0.2) is 18.9 Å². The Hall–Kier alpha value is -2.90. The zero-order chi connectivity index (χ0) is 21.0. The third-order valence-corrected chi connectivity index (χ3v) is 4.88. The molecule has 0 bridgehead atoms. The Labute approximate surface area is 180 Å². The number of hydrogen-bond donors (Lipinski definition) is 2. The van der Waals surface area contributed by atoms with Crippen molar-refractivity contribution in [3.8, 4) is 5.75 Å². The minimum Gasteiger partial charge on any atom is -0.496 e. The molecule has 0 fully saturated rings. The Bertz CT molecular complexity index is 1090. The summed E-state index contributed by atoms with van der Waals surface area (Å²) in [5.74, 6) is -0.715. The molecular formula is C21H15BrClFN2O3. The minimum absolute atomic E-state index is 0.0885. The third kappa shape index (κ3) is 5.13. The van der Waals surface area contributed by atoms with Gasteiger partial charge >= 0.3 is 0 Å². The molecule has 148 valence electrons. The summed E-state index contributed by atoms with van der Waals surface area (Å²) in [6.07, 6.45) is 0. The van der Waals surface area contributed by atoms with Crippen molar-refractivity contribution in [2.24, 2.45) is 0 Å². The van der Waals surface area contributed by atoms with Crippen molar-refractivity contribution in [1.29, 1.82) is 0 Å². The summed E-state index contributed by atoms with van der Waals surface area (Å²) in [6, 6.07) is 15.3. The molecule has 0 aliphatic rings. The fourth-order valence-electron chi connectivity index (χ4n) is 2.53. The van der Waals surface area contributed by atoms with E-state index < -0.39 is 11.7 Å². The van der Waals surface area contributed by atoms with Crippen LogP contribution in [0.3, 0.4) is 0 Å². The minimum atomic E-state index is -0.570. The fourth-order valence-corrected chi connectivity index (χ4v) is 3.25. The summed E-state index contributed by atoms with van der Waals surface area (Å²) >= 11 is 9.07. The zero-order valence-electron chi connectivity index (χ0n) is 15.1. The van der Waals surface area contributed by atoms with Gasteiger partial charge in [-0.15, -0.1) is 0 Å². The first-order chi connectivity index (χ1) is 13.9. The number of hydrogen-bond acceptors (Lipinski definition) is 3. The predicted octanol–water partition coefficient (Wildman–Crippen LogP) is 5.75. The maximum absolute atomic E-state index is 13.2. The lowest BCUT2D eigenvalue weighted by Crippen LogP contribution is -2.14. The second-order valence-electron chi connectivity index (χ2n) is 5.97. The van der Waals surface area contributed by atoms with Crippen molar-refractivity contribution in [3.63, 3.8) is 0 Å².